The van der Waals surface area contributed by atoms with Crippen LogP contribution < -0.4 is 0 Å². The molecule has 0 unspecified atom stereocenters. The van der Waals surface area contributed by atoms with Crippen molar-refractivity contribution in [2.24, 2.45) is 5.41 Å². The highest BCUT2D eigenvalue weighted by Crippen LogP contribution is 2.51. The van der Waals surface area contributed by atoms with E-state index >= 15 is 0 Å². The Bertz CT molecular complexity index is 142. The van der Waals surface area contributed by atoms with Crippen molar-refractivity contribution in [3.63, 3.8) is 0 Å². The molecule has 0 N–H and O–H groups in total. The van der Waals surface area contributed by atoms with Crippen molar-refractivity contribution >= 4 is 0 Å². The first-order valence-electron chi connectivity index (χ1n) is 4.71. The molecule has 0 nitrogen and oxygen atoms in total. The molecule has 0 bridgehead atoms. The van der Waals surface area contributed by atoms with E-state index in [1.807, 2.05) is 0 Å². The molecule has 0 saturated heterocycles. The Morgan fingerprint density at radius 1 is 1.43 bits per heavy atom. The van der Waals surface area contributed by atoms with Crippen LogP contribution in [0.2, 0.25) is 0 Å². The van der Waals surface area contributed by atoms with Crippen LogP contribution in [0, 0.1) is 5.41 Å². The minimum atomic E-state index is -1.38. The average molecular weight is 102 g/mol. The van der Waals surface area contributed by atoms with Crippen molar-refractivity contribution in [1.82, 2.24) is 0 Å². The molecular formula is C7H14. The first-order chi connectivity index (χ1) is 4.71. The third-order valence-corrected chi connectivity index (χ3v) is 1.71. The molecule has 0 heterocycles. The summed E-state index contributed by atoms with van der Waals surface area (Å²) in [6.07, 6.45) is -1.41. The second-order valence-electron chi connectivity index (χ2n) is 2.08. The third kappa shape index (κ3) is 0.793. The predicted octanol–water partition coefficient (Wildman–Crippen LogP) is 2.59. The van der Waals surface area contributed by atoms with Crippen LogP contribution in [0.15, 0.2) is 0 Å². The maximum absolute atomic E-state index is 7.48. The van der Waals surface area contributed by atoms with Crippen molar-refractivity contribution in [3.8, 4) is 0 Å². The van der Waals surface area contributed by atoms with Gasteiger partial charge in [0.1, 0.15) is 0 Å². The minimum Gasteiger partial charge on any atom is -0.0649 e. The lowest BCUT2D eigenvalue weighted by atomic mass is 10.0. The number of hydrogen-bond acceptors (Lipinski definition) is 0. The first-order valence-corrected chi connectivity index (χ1v) is 2.71. The number of hydrogen-bond donors (Lipinski definition) is 0. The standard InChI is InChI=1S/C7H14/c1-3-7(4-2)5-6-7/h3-6H2,1-2H3/i3D2,4D2. The quantitative estimate of drug-likeness (QED) is 0.502. The fraction of sp³-hybridized carbons (Fsp3) is 1.00. The normalized spacial score (nSPS) is 37.4. The molecule has 42 valence electrons. The van der Waals surface area contributed by atoms with Crippen LogP contribution in [0.5, 0.6) is 0 Å². The molecular weight excluding hydrogens is 84.1 g/mol. The van der Waals surface area contributed by atoms with Crippen molar-refractivity contribution < 1.29 is 5.48 Å². The van der Waals surface area contributed by atoms with Crippen LogP contribution >= 0.6 is 0 Å². The Kier molecular flexibility index (Phi) is 0.446. The zero-order chi connectivity index (χ0) is 8.91. The molecule has 1 aliphatic carbocycles. The Hall–Kier alpha value is 0. The topological polar surface area (TPSA) is 0 Å². The van der Waals surface area contributed by atoms with Gasteiger partial charge in [0.25, 0.3) is 0 Å². The molecule has 0 atom stereocenters. The van der Waals surface area contributed by atoms with E-state index in [4.69, 9.17) is 5.48 Å². The SMILES string of the molecule is [2H]C([2H])(C)C1(C([2H])([2H])C)CC1. The fourth-order valence-electron chi connectivity index (χ4n) is 0.750. The summed E-state index contributed by atoms with van der Waals surface area (Å²) >= 11 is 0. The van der Waals surface area contributed by atoms with E-state index < -0.39 is 18.2 Å². The predicted molar refractivity (Wildman–Crippen MR) is 32.2 cm³/mol. The molecule has 1 fully saturated rings. The molecule has 0 radical (unpaired) electrons. The maximum Gasteiger partial charge on any atom is 0.0269 e. The van der Waals surface area contributed by atoms with Gasteiger partial charge in [-0.15, -0.1) is 0 Å². The van der Waals surface area contributed by atoms with Crippen LogP contribution in [0.3, 0.4) is 0 Å². The Balaban J connectivity index is 2.85. The lowest BCUT2D eigenvalue weighted by Crippen LogP contribution is -1.92. The average Bonchev–Trinajstić information content (AvgIpc) is 2.31. The molecule has 1 rings (SSSR count). The van der Waals surface area contributed by atoms with Gasteiger partial charge in [-0.2, -0.15) is 0 Å². The highest BCUT2D eigenvalue weighted by Gasteiger charge is 2.37. The van der Waals surface area contributed by atoms with Crippen LogP contribution in [0.1, 0.15) is 44.9 Å². The maximum atomic E-state index is 7.48. The van der Waals surface area contributed by atoms with Gasteiger partial charge in [-0.05, 0) is 18.3 Å². The summed E-state index contributed by atoms with van der Waals surface area (Å²) in [6.45, 7) is 2.95. The summed E-state index contributed by atoms with van der Waals surface area (Å²) in [5.74, 6) is 0. The summed E-state index contributed by atoms with van der Waals surface area (Å²) in [5, 5.41) is 0. The van der Waals surface area contributed by atoms with Crippen LogP contribution in [0.4, 0.5) is 0 Å². The smallest absolute Gasteiger partial charge is 0.0269 e. The summed E-state index contributed by atoms with van der Waals surface area (Å²) in [7, 11) is 0. The molecule has 0 spiro atoms. The molecule has 7 heavy (non-hydrogen) atoms. The Labute approximate surface area is 51.5 Å². The molecule has 0 heteroatoms. The number of rotatable bonds is 2. The lowest BCUT2D eigenvalue weighted by molar-refractivity contribution is 0.474. The van der Waals surface area contributed by atoms with E-state index in [1.165, 1.54) is 13.8 Å². The van der Waals surface area contributed by atoms with Crippen molar-refractivity contribution in [1.29, 1.82) is 0 Å². The molecule has 1 aliphatic rings. The van der Waals surface area contributed by atoms with Gasteiger partial charge in [0.2, 0.25) is 0 Å². The first kappa shape index (κ1) is 2.08. The summed E-state index contributed by atoms with van der Waals surface area (Å²) in [4.78, 5) is 0. The van der Waals surface area contributed by atoms with E-state index in [-0.39, 0.29) is 0 Å². The van der Waals surface area contributed by atoms with Crippen molar-refractivity contribution in [3.05, 3.63) is 0 Å². The van der Waals surface area contributed by atoms with Gasteiger partial charge < -0.3 is 0 Å². The molecule has 0 aromatic heterocycles. The second kappa shape index (κ2) is 1.50. The van der Waals surface area contributed by atoms with E-state index in [1.54, 1.807) is 0 Å². The molecule has 0 aromatic carbocycles. The fourth-order valence-corrected chi connectivity index (χ4v) is 0.750. The van der Waals surface area contributed by atoms with Gasteiger partial charge in [-0.1, -0.05) is 26.6 Å². The van der Waals surface area contributed by atoms with E-state index in [9.17, 15) is 0 Å². The largest absolute Gasteiger partial charge is 0.0649 e. The van der Waals surface area contributed by atoms with Crippen LogP contribution in [-0.4, -0.2) is 0 Å². The Morgan fingerprint density at radius 3 is 1.86 bits per heavy atom. The zero-order valence-electron chi connectivity index (χ0n) is 8.91. The molecule has 1 saturated carbocycles. The zero-order valence-corrected chi connectivity index (χ0v) is 4.91. The molecule has 0 aliphatic heterocycles. The van der Waals surface area contributed by atoms with E-state index in [0.717, 1.165) is 0 Å². The third-order valence-electron chi connectivity index (χ3n) is 1.71. The monoisotopic (exact) mass is 102 g/mol. The minimum absolute atomic E-state index is 0.681. The van der Waals surface area contributed by atoms with Gasteiger partial charge in [-0.25, -0.2) is 0 Å². The molecule has 0 amide bonds. The molecule has 0 aromatic rings. The highest BCUT2D eigenvalue weighted by atomic mass is 14.4. The van der Waals surface area contributed by atoms with Gasteiger partial charge in [0, 0.05) is 5.48 Å². The highest BCUT2D eigenvalue weighted by molar-refractivity contribution is 4.89. The van der Waals surface area contributed by atoms with Crippen LogP contribution in [-0.2, 0) is 0 Å². The van der Waals surface area contributed by atoms with E-state index in [2.05, 4.69) is 0 Å². The van der Waals surface area contributed by atoms with Crippen LogP contribution in [0.25, 0.3) is 0 Å². The van der Waals surface area contributed by atoms with E-state index in [0.29, 0.717) is 12.8 Å². The van der Waals surface area contributed by atoms with Gasteiger partial charge in [-0.3, -0.25) is 0 Å². The summed E-state index contributed by atoms with van der Waals surface area (Å²) in [6, 6.07) is 0. The summed E-state index contributed by atoms with van der Waals surface area (Å²) in [5.41, 5.74) is -0.708. The van der Waals surface area contributed by atoms with Crippen molar-refractivity contribution in [2.75, 3.05) is 0 Å². The van der Waals surface area contributed by atoms with Gasteiger partial charge >= 0.3 is 0 Å². The van der Waals surface area contributed by atoms with Gasteiger partial charge in [0.15, 0.2) is 0 Å². The summed E-state index contributed by atoms with van der Waals surface area (Å²) < 4.78 is 29.9. The lowest BCUT2D eigenvalue weighted by Gasteiger charge is -2.04. The Morgan fingerprint density at radius 2 is 1.86 bits per heavy atom. The van der Waals surface area contributed by atoms with Gasteiger partial charge in [0.05, 0.1) is 0 Å². The van der Waals surface area contributed by atoms with Crippen molar-refractivity contribution in [2.45, 2.75) is 39.4 Å². The second-order valence-corrected chi connectivity index (χ2v) is 2.08.